The Balaban J connectivity index is 1.85. The first kappa shape index (κ1) is 16.6. The van der Waals surface area contributed by atoms with Gasteiger partial charge in [-0.2, -0.15) is 0 Å². The molecule has 2 N–H and O–H groups in total. The highest BCUT2D eigenvalue weighted by atomic mass is 16.5. The Labute approximate surface area is 132 Å². The highest BCUT2D eigenvalue weighted by Crippen LogP contribution is 2.26. The average Bonchev–Trinajstić information content (AvgIpc) is 2.86. The Hall–Kier alpha value is -1.75. The zero-order chi connectivity index (χ0) is 16.1. The van der Waals surface area contributed by atoms with Crippen LogP contribution in [0.5, 0.6) is 5.75 Å². The largest absolute Gasteiger partial charge is 0.491 e. The number of amides is 2. The summed E-state index contributed by atoms with van der Waals surface area (Å²) >= 11 is 0. The Kier molecular flexibility index (Phi) is 5.66. The first-order chi connectivity index (χ1) is 10.5. The Bertz CT molecular complexity index is 487. The van der Waals surface area contributed by atoms with Crippen molar-refractivity contribution in [3.8, 4) is 5.75 Å². The number of anilines is 1. The molecule has 2 atom stereocenters. The number of nitrogens with one attached hydrogen (secondary N) is 1. The average molecular weight is 306 g/mol. The van der Waals surface area contributed by atoms with E-state index < -0.39 is 0 Å². The lowest BCUT2D eigenvalue weighted by Crippen LogP contribution is -2.37. The molecule has 1 aliphatic carbocycles. The molecule has 2 unspecified atom stereocenters. The number of hydrogen-bond acceptors (Lipinski definition) is 3. The zero-order valence-corrected chi connectivity index (χ0v) is 13.6. The SMILES string of the molecule is CC(C)Oc1ccc(NC(=O)N(C)CC2CCCC2O)cc1. The minimum absolute atomic E-state index is 0.129. The first-order valence-electron chi connectivity index (χ1n) is 7.92. The summed E-state index contributed by atoms with van der Waals surface area (Å²) in [6.07, 6.45) is 2.72. The lowest BCUT2D eigenvalue weighted by molar-refractivity contribution is 0.116. The summed E-state index contributed by atoms with van der Waals surface area (Å²) in [6, 6.07) is 7.19. The zero-order valence-electron chi connectivity index (χ0n) is 13.6. The van der Waals surface area contributed by atoms with Crippen LogP contribution in [0.25, 0.3) is 0 Å². The molecular weight excluding hydrogens is 280 g/mol. The molecule has 1 aromatic carbocycles. The monoisotopic (exact) mass is 306 g/mol. The third-order valence-corrected chi connectivity index (χ3v) is 3.95. The smallest absolute Gasteiger partial charge is 0.321 e. The van der Waals surface area contributed by atoms with Crippen molar-refractivity contribution in [3.05, 3.63) is 24.3 Å². The van der Waals surface area contributed by atoms with Gasteiger partial charge in [0, 0.05) is 25.2 Å². The van der Waals surface area contributed by atoms with Gasteiger partial charge in [0.2, 0.25) is 0 Å². The summed E-state index contributed by atoms with van der Waals surface area (Å²) in [5.41, 5.74) is 0.736. The van der Waals surface area contributed by atoms with E-state index >= 15 is 0 Å². The molecule has 1 fully saturated rings. The lowest BCUT2D eigenvalue weighted by atomic mass is 10.1. The van der Waals surface area contributed by atoms with Gasteiger partial charge in [-0.15, -0.1) is 0 Å². The molecule has 0 aliphatic heterocycles. The second kappa shape index (κ2) is 7.49. The maximum atomic E-state index is 12.2. The minimum atomic E-state index is -0.275. The number of carbonyl (C=O) groups is 1. The van der Waals surface area contributed by atoms with Gasteiger partial charge in [-0.1, -0.05) is 6.42 Å². The number of carbonyl (C=O) groups excluding carboxylic acids is 1. The normalized spacial score (nSPS) is 21.0. The van der Waals surface area contributed by atoms with Gasteiger partial charge in [0.05, 0.1) is 12.2 Å². The molecule has 0 bridgehead atoms. The number of ether oxygens (including phenoxy) is 1. The van der Waals surface area contributed by atoms with Crippen LogP contribution < -0.4 is 10.1 Å². The van der Waals surface area contributed by atoms with E-state index in [1.165, 1.54) is 0 Å². The van der Waals surface area contributed by atoms with E-state index in [-0.39, 0.29) is 24.2 Å². The van der Waals surface area contributed by atoms with Gasteiger partial charge in [0.1, 0.15) is 5.75 Å². The summed E-state index contributed by atoms with van der Waals surface area (Å²) in [5, 5.41) is 12.7. The van der Waals surface area contributed by atoms with E-state index in [1.807, 2.05) is 38.1 Å². The molecule has 5 nitrogen and oxygen atoms in total. The Morgan fingerprint density at radius 1 is 1.36 bits per heavy atom. The first-order valence-corrected chi connectivity index (χ1v) is 7.92. The van der Waals surface area contributed by atoms with Crippen LogP contribution in [0.3, 0.4) is 0 Å². The summed E-state index contributed by atoms with van der Waals surface area (Å²) in [5.74, 6) is 0.980. The molecule has 0 aromatic heterocycles. The fourth-order valence-electron chi connectivity index (χ4n) is 2.77. The molecule has 122 valence electrons. The highest BCUT2D eigenvalue weighted by Gasteiger charge is 2.27. The van der Waals surface area contributed by atoms with Crippen LogP contribution in [0.4, 0.5) is 10.5 Å². The van der Waals surface area contributed by atoms with Gasteiger partial charge in [-0.25, -0.2) is 4.79 Å². The molecule has 0 radical (unpaired) electrons. The molecule has 2 amide bonds. The number of aliphatic hydroxyl groups is 1. The highest BCUT2D eigenvalue weighted by molar-refractivity contribution is 5.89. The van der Waals surface area contributed by atoms with Crippen LogP contribution in [0.2, 0.25) is 0 Å². The summed E-state index contributed by atoms with van der Waals surface area (Å²) < 4.78 is 5.57. The van der Waals surface area contributed by atoms with E-state index in [1.54, 1.807) is 11.9 Å². The van der Waals surface area contributed by atoms with Crippen molar-refractivity contribution in [2.75, 3.05) is 18.9 Å². The molecule has 1 aromatic rings. The quantitative estimate of drug-likeness (QED) is 0.878. The molecule has 0 heterocycles. The van der Waals surface area contributed by atoms with Crippen molar-refractivity contribution < 1.29 is 14.6 Å². The summed E-state index contributed by atoms with van der Waals surface area (Å²) in [7, 11) is 1.76. The van der Waals surface area contributed by atoms with E-state index in [4.69, 9.17) is 4.74 Å². The molecule has 5 heteroatoms. The van der Waals surface area contributed by atoms with Gasteiger partial charge < -0.3 is 20.1 Å². The molecule has 2 rings (SSSR count). The van der Waals surface area contributed by atoms with Gasteiger partial charge in [0.25, 0.3) is 0 Å². The van der Waals surface area contributed by atoms with Crippen molar-refractivity contribution in [3.63, 3.8) is 0 Å². The predicted molar refractivity (Wildman–Crippen MR) is 87.2 cm³/mol. The fraction of sp³-hybridized carbons (Fsp3) is 0.588. The third-order valence-electron chi connectivity index (χ3n) is 3.95. The second-order valence-electron chi connectivity index (χ2n) is 6.26. The third kappa shape index (κ3) is 4.63. The van der Waals surface area contributed by atoms with Crippen molar-refractivity contribution in [1.29, 1.82) is 0 Å². The molecular formula is C17H26N2O3. The number of urea groups is 1. The van der Waals surface area contributed by atoms with Crippen LogP contribution in [-0.4, -0.2) is 41.8 Å². The number of aliphatic hydroxyl groups excluding tert-OH is 1. The standard InChI is InChI=1S/C17H26N2O3/c1-12(2)22-15-9-7-14(8-10-15)18-17(21)19(3)11-13-5-4-6-16(13)20/h7-10,12-13,16,20H,4-6,11H2,1-3H3,(H,18,21). The number of nitrogens with zero attached hydrogens (tertiary/aromatic N) is 1. The minimum Gasteiger partial charge on any atom is -0.491 e. The topological polar surface area (TPSA) is 61.8 Å². The summed E-state index contributed by atoms with van der Waals surface area (Å²) in [4.78, 5) is 13.8. The van der Waals surface area contributed by atoms with E-state index in [0.717, 1.165) is 30.7 Å². The fourth-order valence-corrected chi connectivity index (χ4v) is 2.77. The Morgan fingerprint density at radius 2 is 2.05 bits per heavy atom. The maximum Gasteiger partial charge on any atom is 0.321 e. The summed E-state index contributed by atoms with van der Waals surface area (Å²) in [6.45, 7) is 4.53. The molecule has 1 aliphatic rings. The number of rotatable bonds is 5. The van der Waals surface area contributed by atoms with Crippen LogP contribution in [-0.2, 0) is 0 Å². The number of hydrogen-bond donors (Lipinski definition) is 2. The van der Waals surface area contributed by atoms with Crippen LogP contribution >= 0.6 is 0 Å². The van der Waals surface area contributed by atoms with Crippen molar-refractivity contribution in [2.24, 2.45) is 5.92 Å². The Morgan fingerprint density at radius 3 is 2.59 bits per heavy atom. The predicted octanol–water partition coefficient (Wildman–Crippen LogP) is 3.10. The van der Waals surface area contributed by atoms with E-state index in [9.17, 15) is 9.90 Å². The van der Waals surface area contributed by atoms with Crippen molar-refractivity contribution >= 4 is 11.7 Å². The molecule has 0 saturated heterocycles. The van der Waals surface area contributed by atoms with Crippen LogP contribution in [0.15, 0.2) is 24.3 Å². The van der Waals surface area contributed by atoms with E-state index in [0.29, 0.717) is 6.54 Å². The van der Waals surface area contributed by atoms with Gasteiger partial charge in [-0.05, 0) is 51.0 Å². The van der Waals surface area contributed by atoms with E-state index in [2.05, 4.69) is 5.32 Å². The van der Waals surface area contributed by atoms with Gasteiger partial charge in [0.15, 0.2) is 0 Å². The van der Waals surface area contributed by atoms with Crippen LogP contribution in [0.1, 0.15) is 33.1 Å². The van der Waals surface area contributed by atoms with Crippen LogP contribution in [0, 0.1) is 5.92 Å². The molecule has 1 saturated carbocycles. The van der Waals surface area contributed by atoms with Gasteiger partial charge >= 0.3 is 6.03 Å². The number of benzene rings is 1. The van der Waals surface area contributed by atoms with Gasteiger partial charge in [-0.3, -0.25) is 0 Å². The molecule has 0 spiro atoms. The second-order valence-corrected chi connectivity index (χ2v) is 6.26. The van der Waals surface area contributed by atoms with Crippen molar-refractivity contribution in [2.45, 2.75) is 45.3 Å². The lowest BCUT2D eigenvalue weighted by Gasteiger charge is -2.23. The van der Waals surface area contributed by atoms with Crippen molar-refractivity contribution in [1.82, 2.24) is 4.90 Å². The maximum absolute atomic E-state index is 12.2. The molecule has 22 heavy (non-hydrogen) atoms.